The first kappa shape index (κ1) is 19.7. The normalized spacial score (nSPS) is 11.5. The molecule has 3 nitrogen and oxygen atoms in total. The van der Waals surface area contributed by atoms with Crippen molar-refractivity contribution in [1.29, 1.82) is 0 Å². The van der Waals surface area contributed by atoms with Crippen LogP contribution in [0.15, 0.2) is 18.2 Å². The lowest BCUT2D eigenvalue weighted by atomic mass is 9.95. The van der Waals surface area contributed by atoms with Gasteiger partial charge < -0.3 is 10.5 Å². The first-order chi connectivity index (χ1) is 11.5. The number of ether oxygens (including phenoxy) is 1. The van der Waals surface area contributed by atoms with Crippen LogP contribution in [0.25, 0.3) is 11.1 Å². The number of anilines is 1. The fourth-order valence-corrected chi connectivity index (χ4v) is 3.18. The molecule has 0 saturated heterocycles. The fourth-order valence-electron chi connectivity index (χ4n) is 2.15. The van der Waals surface area contributed by atoms with Gasteiger partial charge in [-0.2, -0.15) is 13.2 Å². The molecule has 0 aliphatic carbocycles. The van der Waals surface area contributed by atoms with Crippen LogP contribution in [0.4, 0.5) is 27.6 Å². The maximum atomic E-state index is 14.1. The van der Waals surface area contributed by atoms with E-state index in [9.17, 15) is 26.7 Å². The van der Waals surface area contributed by atoms with E-state index in [-0.39, 0.29) is 9.26 Å². The molecule has 10 heteroatoms. The van der Waals surface area contributed by atoms with Crippen LogP contribution in [0, 0.1) is 15.2 Å². The summed E-state index contributed by atoms with van der Waals surface area (Å²) in [5.74, 6) is -3.45. The number of benzene rings is 2. The summed E-state index contributed by atoms with van der Waals surface area (Å²) >= 11 is 7.02. The van der Waals surface area contributed by atoms with Crippen molar-refractivity contribution >= 4 is 45.8 Å². The van der Waals surface area contributed by atoms with E-state index in [1.807, 2.05) is 0 Å². The largest absolute Gasteiger partial charge is 0.465 e. The van der Waals surface area contributed by atoms with Crippen molar-refractivity contribution in [3.63, 3.8) is 0 Å². The molecule has 0 radical (unpaired) electrons. The van der Waals surface area contributed by atoms with Crippen LogP contribution < -0.4 is 5.73 Å². The molecule has 0 aliphatic heterocycles. The summed E-state index contributed by atoms with van der Waals surface area (Å²) in [6.45, 7) is 0. The van der Waals surface area contributed by atoms with Crippen molar-refractivity contribution in [2.45, 2.75) is 6.18 Å². The molecular weight excluding hydrogens is 484 g/mol. The second-order valence-electron chi connectivity index (χ2n) is 4.81. The molecular formula is C15H8ClF5INO2. The molecule has 0 amide bonds. The highest BCUT2D eigenvalue weighted by atomic mass is 127. The number of esters is 1. The number of methoxy groups -OCH3 is 1. The van der Waals surface area contributed by atoms with Crippen LogP contribution in [0.3, 0.4) is 0 Å². The first-order valence-electron chi connectivity index (χ1n) is 6.41. The Balaban J connectivity index is 2.93. The molecule has 0 fully saturated rings. The smallest absolute Gasteiger partial charge is 0.417 e. The van der Waals surface area contributed by atoms with Gasteiger partial charge in [0.25, 0.3) is 0 Å². The summed E-state index contributed by atoms with van der Waals surface area (Å²) in [4.78, 5) is 11.7. The first-order valence-corrected chi connectivity index (χ1v) is 7.87. The van der Waals surface area contributed by atoms with E-state index in [1.165, 1.54) is 22.6 Å². The summed E-state index contributed by atoms with van der Waals surface area (Å²) in [5, 5.41) is -0.559. The highest BCUT2D eigenvalue weighted by Crippen LogP contribution is 2.44. The van der Waals surface area contributed by atoms with Gasteiger partial charge in [-0.25, -0.2) is 13.6 Å². The summed E-state index contributed by atoms with van der Waals surface area (Å²) in [5.41, 5.74) is 2.32. The summed E-state index contributed by atoms with van der Waals surface area (Å²) < 4.78 is 72.0. The zero-order valence-electron chi connectivity index (χ0n) is 12.3. The Hall–Kier alpha value is -1.62. The van der Waals surface area contributed by atoms with E-state index >= 15 is 0 Å². The van der Waals surface area contributed by atoms with Crippen molar-refractivity contribution in [2.75, 3.05) is 12.8 Å². The molecule has 2 aromatic carbocycles. The second-order valence-corrected chi connectivity index (χ2v) is 6.30. The third kappa shape index (κ3) is 3.66. The van der Waals surface area contributed by atoms with Gasteiger partial charge in [-0.15, -0.1) is 0 Å². The number of halogens is 7. The number of nitrogens with two attached hydrogens (primary N) is 1. The van der Waals surface area contributed by atoms with Crippen molar-refractivity contribution in [3.05, 3.63) is 49.6 Å². The van der Waals surface area contributed by atoms with Crippen molar-refractivity contribution in [1.82, 2.24) is 0 Å². The molecule has 0 heterocycles. The maximum Gasteiger partial charge on any atom is 0.417 e. The van der Waals surface area contributed by atoms with E-state index in [0.717, 1.165) is 13.2 Å². The molecule has 0 bridgehead atoms. The van der Waals surface area contributed by atoms with Crippen LogP contribution >= 0.6 is 34.2 Å². The van der Waals surface area contributed by atoms with E-state index < -0.39 is 51.1 Å². The van der Waals surface area contributed by atoms with Crippen LogP contribution in [-0.4, -0.2) is 13.1 Å². The molecule has 2 aromatic rings. The van der Waals surface area contributed by atoms with Gasteiger partial charge in [0.15, 0.2) is 0 Å². The Morgan fingerprint density at radius 1 is 1.20 bits per heavy atom. The predicted molar refractivity (Wildman–Crippen MR) is 90.3 cm³/mol. The van der Waals surface area contributed by atoms with E-state index in [1.54, 1.807) is 0 Å². The number of carbonyl (C=O) groups excluding carboxylic acids is 1. The Morgan fingerprint density at radius 2 is 1.80 bits per heavy atom. The van der Waals surface area contributed by atoms with Gasteiger partial charge in [0.1, 0.15) is 11.6 Å². The van der Waals surface area contributed by atoms with Gasteiger partial charge in [0.05, 0.1) is 28.9 Å². The zero-order valence-corrected chi connectivity index (χ0v) is 15.2. The molecule has 0 aliphatic rings. The Kier molecular flexibility index (Phi) is 5.47. The summed E-state index contributed by atoms with van der Waals surface area (Å²) in [6, 6.07) is 1.57. The van der Waals surface area contributed by atoms with E-state index in [2.05, 4.69) is 4.74 Å². The van der Waals surface area contributed by atoms with Crippen LogP contribution in [0.2, 0.25) is 5.02 Å². The summed E-state index contributed by atoms with van der Waals surface area (Å²) in [7, 11) is 0.981. The Bertz CT molecular complexity index is 870. The van der Waals surface area contributed by atoms with Gasteiger partial charge >= 0.3 is 12.1 Å². The molecule has 25 heavy (non-hydrogen) atoms. The topological polar surface area (TPSA) is 52.3 Å². The van der Waals surface area contributed by atoms with E-state index in [0.29, 0.717) is 12.1 Å². The van der Waals surface area contributed by atoms with Crippen LogP contribution in [-0.2, 0) is 10.9 Å². The zero-order chi connectivity index (χ0) is 19.1. The predicted octanol–water partition coefficient (Wildman–Crippen LogP) is 5.28. The van der Waals surface area contributed by atoms with Gasteiger partial charge in [0, 0.05) is 20.8 Å². The lowest BCUT2D eigenvalue weighted by Gasteiger charge is -2.19. The molecule has 0 saturated carbocycles. The third-order valence-corrected chi connectivity index (χ3v) is 4.70. The number of alkyl halides is 3. The van der Waals surface area contributed by atoms with Crippen LogP contribution in [0.5, 0.6) is 0 Å². The fraction of sp³-hybridized carbons (Fsp3) is 0.133. The number of rotatable bonds is 2. The minimum Gasteiger partial charge on any atom is -0.465 e. The quantitative estimate of drug-likeness (QED) is 0.205. The number of hydrogen-bond acceptors (Lipinski definition) is 3. The van der Waals surface area contributed by atoms with E-state index in [4.69, 9.17) is 17.3 Å². The monoisotopic (exact) mass is 491 g/mol. The Labute approximate surface area is 157 Å². The minimum atomic E-state index is -4.95. The molecule has 2 rings (SSSR count). The SMILES string of the molecule is COC(=O)c1cc(C(F)(F)F)c(-c2cc(Cl)c(F)cc2F)c(I)c1N. The lowest BCUT2D eigenvalue weighted by Crippen LogP contribution is -2.15. The number of nitrogen functional groups attached to an aromatic ring is 1. The third-order valence-electron chi connectivity index (χ3n) is 3.29. The maximum absolute atomic E-state index is 14.1. The molecule has 0 aromatic heterocycles. The molecule has 134 valence electrons. The van der Waals surface area contributed by atoms with Gasteiger partial charge in [-0.05, 0) is 34.7 Å². The Morgan fingerprint density at radius 3 is 2.32 bits per heavy atom. The van der Waals surface area contributed by atoms with Crippen molar-refractivity contribution in [3.8, 4) is 11.1 Å². The molecule has 0 spiro atoms. The average molecular weight is 492 g/mol. The number of hydrogen-bond donors (Lipinski definition) is 1. The average Bonchev–Trinajstić information content (AvgIpc) is 2.52. The standard InChI is InChI=1S/C15H8ClF5INO2/c1-25-14(24)6-2-7(15(19,20)21)11(12(22)13(6)23)5-3-8(16)10(18)4-9(5)17/h2-4H,23H2,1H3. The minimum absolute atomic E-state index is 0.241. The molecule has 2 N–H and O–H groups in total. The molecule has 0 atom stereocenters. The van der Waals surface area contributed by atoms with Gasteiger partial charge in [0.2, 0.25) is 0 Å². The molecule has 0 unspecified atom stereocenters. The van der Waals surface area contributed by atoms with Gasteiger partial charge in [-0.3, -0.25) is 0 Å². The van der Waals surface area contributed by atoms with Crippen molar-refractivity contribution < 1.29 is 31.5 Å². The lowest BCUT2D eigenvalue weighted by molar-refractivity contribution is -0.137. The second kappa shape index (κ2) is 6.94. The van der Waals surface area contributed by atoms with Crippen molar-refractivity contribution in [2.24, 2.45) is 0 Å². The van der Waals surface area contributed by atoms with Gasteiger partial charge in [-0.1, -0.05) is 11.6 Å². The highest BCUT2D eigenvalue weighted by Gasteiger charge is 2.38. The van der Waals surface area contributed by atoms with Crippen LogP contribution in [0.1, 0.15) is 15.9 Å². The number of carbonyl (C=O) groups is 1. The summed E-state index contributed by atoms with van der Waals surface area (Å²) in [6.07, 6.45) is -4.95. The highest BCUT2D eigenvalue weighted by molar-refractivity contribution is 14.1.